The molecule has 0 unspecified atom stereocenters. The Balaban J connectivity index is 1.76. The first-order valence-electron chi connectivity index (χ1n) is 7.40. The van der Waals surface area contributed by atoms with Crippen molar-refractivity contribution in [2.24, 2.45) is 7.05 Å². The van der Waals surface area contributed by atoms with Gasteiger partial charge in [-0.05, 0) is 19.2 Å². The molecule has 3 heterocycles. The Labute approximate surface area is 134 Å². The Kier molecular flexibility index (Phi) is 4.08. The van der Waals surface area contributed by atoms with Crippen LogP contribution in [0.5, 0.6) is 0 Å². The molecule has 1 N–H and O–H groups in total. The van der Waals surface area contributed by atoms with E-state index in [1.165, 1.54) is 6.20 Å². The lowest BCUT2D eigenvalue weighted by atomic mass is 9.99. The van der Waals surface area contributed by atoms with Crippen molar-refractivity contribution in [1.29, 1.82) is 5.26 Å². The molecule has 118 valence electrons. The van der Waals surface area contributed by atoms with Crippen LogP contribution in [0, 0.1) is 11.3 Å². The lowest BCUT2D eigenvalue weighted by Crippen LogP contribution is -2.40. The van der Waals surface area contributed by atoms with Crippen LogP contribution in [0.25, 0.3) is 0 Å². The number of amides is 1. The Hall–Kier alpha value is -2.72. The van der Waals surface area contributed by atoms with Crippen molar-refractivity contribution in [2.75, 3.05) is 20.1 Å². The van der Waals surface area contributed by atoms with Crippen molar-refractivity contribution >= 4 is 5.91 Å². The molecule has 0 saturated carbocycles. The first-order chi connectivity index (χ1) is 11.1. The van der Waals surface area contributed by atoms with E-state index in [1.807, 2.05) is 30.9 Å². The van der Waals surface area contributed by atoms with Crippen molar-refractivity contribution in [2.45, 2.75) is 12.0 Å². The molecular weight excluding hydrogens is 292 g/mol. The molecule has 2 aromatic heterocycles. The van der Waals surface area contributed by atoms with Gasteiger partial charge in [-0.3, -0.25) is 4.79 Å². The Morgan fingerprint density at radius 3 is 2.78 bits per heavy atom. The molecule has 1 aliphatic heterocycles. The average molecular weight is 310 g/mol. The lowest BCUT2D eigenvalue weighted by Gasteiger charge is -2.20. The van der Waals surface area contributed by atoms with Crippen molar-refractivity contribution in [3.05, 3.63) is 47.8 Å². The van der Waals surface area contributed by atoms with Gasteiger partial charge in [0.2, 0.25) is 0 Å². The van der Waals surface area contributed by atoms with E-state index in [1.54, 1.807) is 18.5 Å². The van der Waals surface area contributed by atoms with Gasteiger partial charge in [0.25, 0.3) is 5.91 Å². The predicted octanol–water partition coefficient (Wildman–Crippen LogP) is 0.514. The summed E-state index contributed by atoms with van der Waals surface area (Å²) < 4.78 is 1.99. The van der Waals surface area contributed by atoms with E-state index >= 15 is 0 Å². The van der Waals surface area contributed by atoms with Crippen LogP contribution < -0.4 is 5.32 Å². The van der Waals surface area contributed by atoms with Crippen molar-refractivity contribution in [1.82, 2.24) is 24.8 Å². The number of imidazole rings is 1. The van der Waals surface area contributed by atoms with Gasteiger partial charge < -0.3 is 14.8 Å². The summed E-state index contributed by atoms with van der Waals surface area (Å²) in [7, 11) is 4.00. The number of hydrogen-bond donors (Lipinski definition) is 1. The van der Waals surface area contributed by atoms with Gasteiger partial charge >= 0.3 is 0 Å². The number of aromatic nitrogens is 3. The number of aryl methyl sites for hydroxylation is 1. The van der Waals surface area contributed by atoms with Crippen LogP contribution in [0.3, 0.4) is 0 Å². The third-order valence-electron chi connectivity index (χ3n) is 4.19. The summed E-state index contributed by atoms with van der Waals surface area (Å²) in [5.74, 6) is 0.0252. The van der Waals surface area contributed by atoms with Gasteiger partial charge in [0, 0.05) is 44.1 Å². The third-order valence-corrected chi connectivity index (χ3v) is 4.19. The van der Waals surface area contributed by atoms with Crippen LogP contribution in [0.1, 0.15) is 27.7 Å². The second-order valence-electron chi connectivity index (χ2n) is 5.88. The fourth-order valence-corrected chi connectivity index (χ4v) is 3.02. The molecule has 1 saturated heterocycles. The second-order valence-corrected chi connectivity index (χ2v) is 5.88. The average Bonchev–Trinajstić information content (AvgIpc) is 3.12. The molecule has 0 spiro atoms. The smallest absolute Gasteiger partial charge is 0.253 e. The number of likely N-dealkylation sites (N-methyl/N-ethyl adjacent to an activating group) is 1. The minimum atomic E-state index is -0.172. The van der Waals surface area contributed by atoms with Crippen LogP contribution in [0.4, 0.5) is 0 Å². The highest BCUT2D eigenvalue weighted by molar-refractivity contribution is 5.94. The van der Waals surface area contributed by atoms with E-state index in [2.05, 4.69) is 20.2 Å². The summed E-state index contributed by atoms with van der Waals surface area (Å²) in [5, 5.41) is 11.8. The Morgan fingerprint density at radius 2 is 2.17 bits per heavy atom. The molecule has 0 aromatic carbocycles. The minimum Gasteiger partial charge on any atom is -0.347 e. The van der Waals surface area contributed by atoms with Crippen LogP contribution in [0.15, 0.2) is 30.9 Å². The van der Waals surface area contributed by atoms with Crippen molar-refractivity contribution in [3.8, 4) is 6.07 Å². The van der Waals surface area contributed by atoms with Crippen LogP contribution >= 0.6 is 0 Å². The van der Waals surface area contributed by atoms with Gasteiger partial charge in [-0.2, -0.15) is 5.26 Å². The number of nitrogens with zero attached hydrogens (tertiary/aromatic N) is 5. The molecule has 23 heavy (non-hydrogen) atoms. The maximum Gasteiger partial charge on any atom is 0.253 e. The molecule has 0 radical (unpaired) electrons. The zero-order valence-corrected chi connectivity index (χ0v) is 13.1. The molecule has 1 amide bonds. The quantitative estimate of drug-likeness (QED) is 0.893. The first-order valence-corrected chi connectivity index (χ1v) is 7.40. The highest BCUT2D eigenvalue weighted by Crippen LogP contribution is 2.26. The third kappa shape index (κ3) is 3.07. The maximum atomic E-state index is 12.4. The normalized spacial score (nSPS) is 21.1. The maximum absolute atomic E-state index is 12.4. The Bertz CT molecular complexity index is 745. The molecule has 0 bridgehead atoms. The predicted molar refractivity (Wildman–Crippen MR) is 83.7 cm³/mol. The standard InChI is InChI=1S/C16H18N6O/c1-21-8-13(15-7-18-10-22(15)2)14(9-21)20-16(23)11-3-4-12(5-17)19-6-11/h3-4,6-7,10,13-14H,8-9H2,1-2H3,(H,20,23)/t13-,14-/m1/s1. The summed E-state index contributed by atoms with van der Waals surface area (Å²) >= 11 is 0. The molecule has 3 rings (SSSR count). The van der Waals surface area contributed by atoms with Gasteiger partial charge in [-0.15, -0.1) is 0 Å². The van der Waals surface area contributed by atoms with E-state index < -0.39 is 0 Å². The van der Waals surface area contributed by atoms with Crippen LogP contribution in [0.2, 0.25) is 0 Å². The van der Waals surface area contributed by atoms with Crippen molar-refractivity contribution in [3.63, 3.8) is 0 Å². The summed E-state index contributed by atoms with van der Waals surface area (Å²) in [4.78, 5) is 22.7. The number of likely N-dealkylation sites (tertiary alicyclic amines) is 1. The van der Waals surface area contributed by atoms with E-state index in [9.17, 15) is 4.79 Å². The van der Waals surface area contributed by atoms with Gasteiger partial charge in [-0.1, -0.05) is 0 Å². The summed E-state index contributed by atoms with van der Waals surface area (Å²) in [6.45, 7) is 1.65. The SMILES string of the molecule is CN1C[C@@H](NC(=O)c2ccc(C#N)nc2)[C@H](c2cncn2C)C1. The fourth-order valence-electron chi connectivity index (χ4n) is 3.02. The van der Waals surface area contributed by atoms with Gasteiger partial charge in [-0.25, -0.2) is 9.97 Å². The number of pyridine rings is 1. The van der Waals surface area contributed by atoms with E-state index in [0.717, 1.165) is 18.8 Å². The zero-order valence-electron chi connectivity index (χ0n) is 13.1. The first kappa shape index (κ1) is 15.2. The molecular formula is C16H18N6O. The second kappa shape index (κ2) is 6.18. The number of nitrogens with one attached hydrogen (secondary N) is 1. The van der Waals surface area contributed by atoms with Crippen molar-refractivity contribution < 1.29 is 4.79 Å². The highest BCUT2D eigenvalue weighted by atomic mass is 16.1. The molecule has 7 nitrogen and oxygen atoms in total. The molecule has 1 fully saturated rings. The zero-order chi connectivity index (χ0) is 16.4. The minimum absolute atomic E-state index is 0.0125. The largest absolute Gasteiger partial charge is 0.347 e. The number of nitriles is 1. The van der Waals surface area contributed by atoms with E-state index in [0.29, 0.717) is 11.3 Å². The monoisotopic (exact) mass is 310 g/mol. The van der Waals surface area contributed by atoms with E-state index in [4.69, 9.17) is 5.26 Å². The van der Waals surface area contributed by atoms with Gasteiger partial charge in [0.15, 0.2) is 0 Å². The van der Waals surface area contributed by atoms with Crippen LogP contribution in [-0.4, -0.2) is 51.5 Å². The van der Waals surface area contributed by atoms with Gasteiger partial charge in [0.1, 0.15) is 11.8 Å². The number of rotatable bonds is 3. The number of carbonyl (C=O) groups is 1. The molecule has 7 heteroatoms. The fraction of sp³-hybridized carbons (Fsp3) is 0.375. The Morgan fingerprint density at radius 1 is 1.35 bits per heavy atom. The molecule has 0 aliphatic carbocycles. The van der Waals surface area contributed by atoms with Gasteiger partial charge in [0.05, 0.1) is 17.9 Å². The topological polar surface area (TPSA) is 86.8 Å². The number of carbonyl (C=O) groups excluding carboxylic acids is 1. The summed E-state index contributed by atoms with van der Waals surface area (Å²) in [5.41, 5.74) is 1.87. The van der Waals surface area contributed by atoms with E-state index in [-0.39, 0.29) is 17.9 Å². The summed E-state index contributed by atoms with van der Waals surface area (Å²) in [6, 6.07) is 5.13. The molecule has 1 aliphatic rings. The van der Waals surface area contributed by atoms with Crippen LogP contribution in [-0.2, 0) is 7.05 Å². The highest BCUT2D eigenvalue weighted by Gasteiger charge is 2.34. The summed E-state index contributed by atoms with van der Waals surface area (Å²) in [6.07, 6.45) is 5.06. The lowest BCUT2D eigenvalue weighted by molar-refractivity contribution is 0.0935. The molecule has 2 atom stereocenters. The molecule has 2 aromatic rings. The number of hydrogen-bond acceptors (Lipinski definition) is 5.